The van der Waals surface area contributed by atoms with Crippen molar-refractivity contribution in [3.63, 3.8) is 0 Å². The fourth-order valence-corrected chi connectivity index (χ4v) is 3.67. The van der Waals surface area contributed by atoms with E-state index in [0.717, 1.165) is 34.9 Å². The number of hydrogen-bond acceptors (Lipinski definition) is 4. The Hall–Kier alpha value is -2.17. The van der Waals surface area contributed by atoms with Crippen LogP contribution >= 0.6 is 23.7 Å². The van der Waals surface area contributed by atoms with Crippen LogP contribution in [-0.4, -0.2) is 10.7 Å². The molecule has 2 aromatic carbocycles. The van der Waals surface area contributed by atoms with Crippen molar-refractivity contribution in [1.29, 1.82) is 0 Å². The van der Waals surface area contributed by atoms with Gasteiger partial charge in [-0.3, -0.25) is 5.43 Å². The van der Waals surface area contributed by atoms with E-state index in [1.54, 1.807) is 11.3 Å². The number of benzene rings is 2. The molecule has 1 aliphatic rings. The molecule has 1 aromatic heterocycles. The van der Waals surface area contributed by atoms with Gasteiger partial charge in [0.1, 0.15) is 0 Å². The van der Waals surface area contributed by atoms with Gasteiger partial charge in [0.25, 0.3) is 0 Å². The van der Waals surface area contributed by atoms with E-state index in [0.29, 0.717) is 0 Å². The first kappa shape index (κ1) is 17.6. The van der Waals surface area contributed by atoms with Crippen LogP contribution in [0.4, 0.5) is 5.13 Å². The predicted octanol–water partition coefficient (Wildman–Crippen LogP) is 5.61. The average molecular weight is 370 g/mol. The number of nitrogens with one attached hydrogen (secondary N) is 1. The highest BCUT2D eigenvalue weighted by molar-refractivity contribution is 7.14. The van der Waals surface area contributed by atoms with Crippen LogP contribution < -0.4 is 5.43 Å². The standard InChI is InChI=1S/C20H19N3S.ClH/c1-13-3-6-15(7-4-13)19-12-24-20(21-19)23-22-18-10-8-16-11-14(2)5-9-17(16)18;/h3-7,9,11-12H,8,10H2,1-2H3,(H,21,23);1H/b22-18+;. The third kappa shape index (κ3) is 3.75. The number of nitrogens with zero attached hydrogens (tertiary/aromatic N) is 2. The summed E-state index contributed by atoms with van der Waals surface area (Å²) in [5, 5.41) is 7.50. The Balaban J connectivity index is 0.00000182. The van der Waals surface area contributed by atoms with Crippen molar-refractivity contribution in [3.8, 4) is 11.3 Å². The average Bonchev–Trinajstić information content (AvgIpc) is 3.20. The van der Waals surface area contributed by atoms with Gasteiger partial charge >= 0.3 is 0 Å². The predicted molar refractivity (Wildman–Crippen MR) is 109 cm³/mol. The zero-order valence-electron chi connectivity index (χ0n) is 14.2. The summed E-state index contributed by atoms with van der Waals surface area (Å²) in [5.74, 6) is 0. The van der Waals surface area contributed by atoms with Gasteiger partial charge in [-0.05, 0) is 32.3 Å². The Kier molecular flexibility index (Phi) is 5.21. The molecule has 0 amide bonds. The van der Waals surface area contributed by atoms with Gasteiger partial charge in [0, 0.05) is 16.5 Å². The molecule has 0 fully saturated rings. The van der Waals surface area contributed by atoms with Crippen molar-refractivity contribution in [2.24, 2.45) is 5.10 Å². The Morgan fingerprint density at radius 3 is 2.56 bits per heavy atom. The van der Waals surface area contributed by atoms with Crippen LogP contribution in [0.3, 0.4) is 0 Å². The zero-order valence-corrected chi connectivity index (χ0v) is 15.9. The van der Waals surface area contributed by atoms with Crippen molar-refractivity contribution in [1.82, 2.24) is 4.98 Å². The van der Waals surface area contributed by atoms with E-state index < -0.39 is 0 Å². The van der Waals surface area contributed by atoms with Crippen molar-refractivity contribution in [2.75, 3.05) is 5.43 Å². The molecule has 4 rings (SSSR count). The van der Waals surface area contributed by atoms with E-state index in [1.807, 2.05) is 0 Å². The zero-order chi connectivity index (χ0) is 16.5. The normalized spacial score (nSPS) is 14.2. The minimum atomic E-state index is 0. The topological polar surface area (TPSA) is 37.3 Å². The van der Waals surface area contributed by atoms with Crippen LogP contribution in [-0.2, 0) is 6.42 Å². The molecule has 0 spiro atoms. The van der Waals surface area contributed by atoms with E-state index in [1.165, 1.54) is 22.3 Å². The highest BCUT2D eigenvalue weighted by atomic mass is 35.5. The minimum absolute atomic E-state index is 0. The highest BCUT2D eigenvalue weighted by Crippen LogP contribution is 2.27. The summed E-state index contributed by atoms with van der Waals surface area (Å²) < 4.78 is 0. The van der Waals surface area contributed by atoms with Crippen molar-refractivity contribution >= 4 is 34.6 Å². The van der Waals surface area contributed by atoms with Crippen molar-refractivity contribution in [2.45, 2.75) is 26.7 Å². The van der Waals surface area contributed by atoms with E-state index in [2.05, 4.69) is 77.2 Å². The highest BCUT2D eigenvalue weighted by Gasteiger charge is 2.17. The van der Waals surface area contributed by atoms with Crippen LogP contribution in [0.15, 0.2) is 52.9 Å². The quantitative estimate of drug-likeness (QED) is 0.609. The van der Waals surface area contributed by atoms with Crippen LogP contribution in [0.1, 0.15) is 28.7 Å². The van der Waals surface area contributed by atoms with Gasteiger partial charge in [-0.2, -0.15) is 5.10 Å². The smallest absolute Gasteiger partial charge is 0.203 e. The first-order valence-electron chi connectivity index (χ1n) is 8.14. The lowest BCUT2D eigenvalue weighted by atomic mass is 10.1. The number of aryl methyl sites for hydroxylation is 3. The van der Waals surface area contributed by atoms with Gasteiger partial charge < -0.3 is 0 Å². The number of anilines is 1. The maximum Gasteiger partial charge on any atom is 0.203 e. The molecule has 1 heterocycles. The van der Waals surface area contributed by atoms with Crippen molar-refractivity contribution in [3.05, 3.63) is 70.1 Å². The fourth-order valence-electron chi connectivity index (χ4n) is 3.01. The second-order valence-electron chi connectivity index (χ2n) is 6.23. The SMILES string of the molecule is Cc1ccc(-c2csc(N/N=C3\CCc4cc(C)ccc43)n2)cc1.Cl. The summed E-state index contributed by atoms with van der Waals surface area (Å²) >= 11 is 1.59. The monoisotopic (exact) mass is 369 g/mol. The van der Waals surface area contributed by atoms with Crippen LogP contribution in [0.5, 0.6) is 0 Å². The molecule has 25 heavy (non-hydrogen) atoms. The van der Waals surface area contributed by atoms with Crippen LogP contribution in [0, 0.1) is 13.8 Å². The molecule has 0 atom stereocenters. The molecule has 0 saturated heterocycles. The molecule has 128 valence electrons. The molecule has 3 aromatic rings. The van der Waals surface area contributed by atoms with Gasteiger partial charge in [0.15, 0.2) is 0 Å². The summed E-state index contributed by atoms with van der Waals surface area (Å²) in [6.07, 6.45) is 2.06. The van der Waals surface area contributed by atoms with Gasteiger partial charge in [0.05, 0.1) is 11.4 Å². The largest absolute Gasteiger partial charge is 0.252 e. The van der Waals surface area contributed by atoms with E-state index in [4.69, 9.17) is 0 Å². The first-order valence-corrected chi connectivity index (χ1v) is 9.02. The molecule has 1 N–H and O–H groups in total. The number of hydrogen-bond donors (Lipinski definition) is 1. The lowest BCUT2D eigenvalue weighted by Gasteiger charge is -2.02. The number of thiazole rings is 1. The Labute approximate surface area is 158 Å². The summed E-state index contributed by atoms with van der Waals surface area (Å²) in [6, 6.07) is 15.0. The first-order chi connectivity index (χ1) is 11.7. The molecule has 0 aliphatic heterocycles. The van der Waals surface area contributed by atoms with Gasteiger partial charge in [-0.1, -0.05) is 53.6 Å². The summed E-state index contributed by atoms with van der Waals surface area (Å²) in [5.41, 5.74) is 11.6. The van der Waals surface area contributed by atoms with Gasteiger partial charge in [-0.15, -0.1) is 23.7 Å². The molecule has 0 unspecified atom stereocenters. The third-order valence-corrected chi connectivity index (χ3v) is 5.09. The number of aromatic nitrogens is 1. The fraction of sp³-hybridized carbons (Fsp3) is 0.200. The van der Waals surface area contributed by atoms with E-state index in [-0.39, 0.29) is 12.4 Å². The Morgan fingerprint density at radius 1 is 1.00 bits per heavy atom. The summed E-state index contributed by atoms with van der Waals surface area (Å²) in [4.78, 5) is 4.64. The minimum Gasteiger partial charge on any atom is -0.252 e. The lowest BCUT2D eigenvalue weighted by molar-refractivity contribution is 1.08. The van der Waals surface area contributed by atoms with E-state index >= 15 is 0 Å². The molecule has 0 radical (unpaired) electrons. The van der Waals surface area contributed by atoms with Crippen LogP contribution in [0.2, 0.25) is 0 Å². The van der Waals surface area contributed by atoms with Crippen LogP contribution in [0.25, 0.3) is 11.3 Å². The molecule has 3 nitrogen and oxygen atoms in total. The second-order valence-corrected chi connectivity index (χ2v) is 7.09. The molecule has 5 heteroatoms. The molecule has 0 saturated carbocycles. The van der Waals surface area contributed by atoms with E-state index in [9.17, 15) is 0 Å². The third-order valence-electron chi connectivity index (χ3n) is 4.34. The molecule has 1 aliphatic carbocycles. The summed E-state index contributed by atoms with van der Waals surface area (Å²) in [6.45, 7) is 4.23. The Bertz CT molecular complexity index is 913. The number of halogens is 1. The molecular formula is C20H20ClN3S. The number of rotatable bonds is 3. The van der Waals surface area contributed by atoms with Gasteiger partial charge in [0.2, 0.25) is 5.13 Å². The number of hydrazone groups is 1. The van der Waals surface area contributed by atoms with Gasteiger partial charge in [-0.25, -0.2) is 4.98 Å². The Morgan fingerprint density at radius 2 is 1.76 bits per heavy atom. The summed E-state index contributed by atoms with van der Waals surface area (Å²) in [7, 11) is 0. The maximum absolute atomic E-state index is 4.64. The molecule has 0 bridgehead atoms. The number of fused-ring (bicyclic) bond motifs is 1. The maximum atomic E-state index is 4.64. The van der Waals surface area contributed by atoms with Crippen molar-refractivity contribution < 1.29 is 0 Å². The lowest BCUT2D eigenvalue weighted by Crippen LogP contribution is -1.99. The second kappa shape index (κ2) is 7.38. The molecular weight excluding hydrogens is 350 g/mol.